The van der Waals surface area contributed by atoms with Gasteiger partial charge in [0, 0.05) is 23.1 Å². The Morgan fingerprint density at radius 2 is 2.03 bits per heavy atom. The van der Waals surface area contributed by atoms with Gasteiger partial charge >= 0.3 is 0 Å². The van der Waals surface area contributed by atoms with Crippen LogP contribution < -0.4 is 16.0 Å². The van der Waals surface area contributed by atoms with E-state index in [1.54, 1.807) is 23.1 Å². The number of carbonyl (C=O) groups excluding carboxylic acids is 1. The van der Waals surface area contributed by atoms with Crippen LogP contribution in [0.25, 0.3) is 0 Å². The molecule has 0 aliphatic carbocycles. The molecule has 0 saturated carbocycles. The van der Waals surface area contributed by atoms with E-state index in [2.05, 4.69) is 11.0 Å². The summed E-state index contributed by atoms with van der Waals surface area (Å²) >= 11 is 12.4. The van der Waals surface area contributed by atoms with Gasteiger partial charge in [0.2, 0.25) is 6.41 Å². The molecule has 0 saturated heterocycles. The molecule has 1 unspecified atom stereocenters. The zero-order chi connectivity index (χ0) is 21.0. The molecule has 2 aromatic rings. The van der Waals surface area contributed by atoms with Crippen LogP contribution in [0.5, 0.6) is 0 Å². The molecule has 3 rings (SSSR count). The first-order chi connectivity index (χ1) is 13.9. The van der Waals surface area contributed by atoms with Crippen LogP contribution in [0.15, 0.2) is 30.3 Å². The summed E-state index contributed by atoms with van der Waals surface area (Å²) < 4.78 is 14.7. The number of hydrogen-bond donors (Lipinski definition) is 2. The number of anilines is 2. The number of amides is 1. The number of hydrogen-bond acceptors (Lipinski definition) is 4. The predicted octanol–water partition coefficient (Wildman–Crippen LogP) is 5.35. The maximum Gasteiger partial charge on any atom is 0.209 e. The minimum atomic E-state index is -0.317. The smallest absolute Gasteiger partial charge is 0.209 e. The van der Waals surface area contributed by atoms with E-state index in [9.17, 15) is 9.18 Å². The number of fused-ring (bicyclic) bond motifs is 1. The number of benzene rings is 2. The van der Waals surface area contributed by atoms with Crippen LogP contribution in [0.2, 0.25) is 10.0 Å². The van der Waals surface area contributed by atoms with Crippen molar-refractivity contribution in [3.05, 3.63) is 57.3 Å². The zero-order valence-electron chi connectivity index (χ0n) is 16.5. The van der Waals surface area contributed by atoms with Crippen molar-refractivity contribution in [1.82, 2.24) is 10.4 Å². The van der Waals surface area contributed by atoms with Gasteiger partial charge in [-0.2, -0.15) is 0 Å². The van der Waals surface area contributed by atoms with Crippen molar-refractivity contribution >= 4 is 41.0 Å². The van der Waals surface area contributed by atoms with Crippen molar-refractivity contribution in [3.8, 4) is 0 Å². The molecule has 2 N–H and O–H groups in total. The van der Waals surface area contributed by atoms with Gasteiger partial charge in [0.15, 0.2) is 0 Å². The molecule has 1 aliphatic rings. The summed E-state index contributed by atoms with van der Waals surface area (Å²) in [6.07, 6.45) is 3.25. The number of rotatable bonds is 9. The van der Waals surface area contributed by atoms with Crippen LogP contribution >= 0.6 is 23.2 Å². The molecule has 5 nitrogen and oxygen atoms in total. The van der Waals surface area contributed by atoms with E-state index < -0.39 is 0 Å². The van der Waals surface area contributed by atoms with Gasteiger partial charge in [-0.05, 0) is 61.6 Å². The van der Waals surface area contributed by atoms with Crippen LogP contribution in [0.3, 0.4) is 0 Å². The van der Waals surface area contributed by atoms with Crippen molar-refractivity contribution < 1.29 is 9.18 Å². The molecule has 0 bridgehead atoms. The van der Waals surface area contributed by atoms with Crippen molar-refractivity contribution in [3.63, 3.8) is 0 Å². The van der Waals surface area contributed by atoms with E-state index in [0.717, 1.165) is 42.6 Å². The normalized spacial score (nSPS) is 13.8. The Morgan fingerprint density at radius 3 is 2.72 bits per heavy atom. The van der Waals surface area contributed by atoms with Crippen LogP contribution in [0.1, 0.15) is 43.9 Å². The summed E-state index contributed by atoms with van der Waals surface area (Å²) in [5.41, 5.74) is 8.82. The molecule has 156 valence electrons. The fraction of sp³-hybridized carbons (Fsp3) is 0.381. The molecular weight excluding hydrogens is 414 g/mol. The molecule has 1 atom stereocenters. The molecule has 0 radical (unpaired) electrons. The number of nitrogens with zero attached hydrogens (tertiary/aromatic N) is 2. The lowest BCUT2D eigenvalue weighted by molar-refractivity contribution is -0.118. The lowest BCUT2D eigenvalue weighted by atomic mass is 10.0. The number of nitrogens with one attached hydrogen (secondary N) is 2. The second-order valence-electron chi connectivity index (χ2n) is 7.17. The second-order valence-corrected chi connectivity index (χ2v) is 8.01. The third-order valence-corrected chi connectivity index (χ3v) is 5.62. The quantitative estimate of drug-likeness (QED) is 0.518. The van der Waals surface area contributed by atoms with Gasteiger partial charge in [0.25, 0.3) is 0 Å². The fourth-order valence-electron chi connectivity index (χ4n) is 3.56. The maximum atomic E-state index is 14.7. The first kappa shape index (κ1) is 21.7. The highest BCUT2D eigenvalue weighted by molar-refractivity contribution is 6.35. The maximum absolute atomic E-state index is 14.7. The number of aryl methyl sites for hydroxylation is 1. The van der Waals surface area contributed by atoms with Crippen molar-refractivity contribution in [2.24, 2.45) is 0 Å². The summed E-state index contributed by atoms with van der Waals surface area (Å²) in [6.45, 7) is 5.42. The fourth-order valence-corrected chi connectivity index (χ4v) is 4.12. The number of hydrazine groups is 2. The van der Waals surface area contributed by atoms with E-state index in [4.69, 9.17) is 23.2 Å². The molecule has 1 aliphatic heterocycles. The van der Waals surface area contributed by atoms with Crippen LogP contribution in [-0.2, 0) is 11.2 Å². The van der Waals surface area contributed by atoms with Gasteiger partial charge in [-0.25, -0.2) is 4.39 Å². The summed E-state index contributed by atoms with van der Waals surface area (Å²) in [6, 6.07) is 8.72. The van der Waals surface area contributed by atoms with Crippen molar-refractivity contribution in [1.29, 1.82) is 0 Å². The molecule has 8 heteroatoms. The minimum absolute atomic E-state index is 0.154. The average molecular weight is 439 g/mol. The SMILES string of the molecule is CCCN(C=O)CCCc1cc(F)c2c(c1)N(C(C)c1ccc(Cl)cc1Cl)NN2. The Balaban J connectivity index is 1.77. The summed E-state index contributed by atoms with van der Waals surface area (Å²) in [5.74, 6) is -0.317. The third kappa shape index (κ3) is 4.94. The number of carbonyl (C=O) groups is 1. The highest BCUT2D eigenvalue weighted by atomic mass is 35.5. The topological polar surface area (TPSA) is 47.6 Å². The van der Waals surface area contributed by atoms with E-state index >= 15 is 0 Å². The first-order valence-electron chi connectivity index (χ1n) is 9.72. The summed E-state index contributed by atoms with van der Waals surface area (Å²) in [7, 11) is 0. The van der Waals surface area contributed by atoms with Gasteiger partial charge in [-0.15, -0.1) is 5.53 Å². The van der Waals surface area contributed by atoms with Crippen LogP contribution in [-0.4, -0.2) is 24.4 Å². The van der Waals surface area contributed by atoms with E-state index in [1.807, 2.05) is 31.0 Å². The summed E-state index contributed by atoms with van der Waals surface area (Å²) in [4.78, 5) is 12.8. The zero-order valence-corrected chi connectivity index (χ0v) is 18.0. The predicted molar refractivity (Wildman–Crippen MR) is 117 cm³/mol. The Morgan fingerprint density at radius 1 is 1.24 bits per heavy atom. The highest BCUT2D eigenvalue weighted by Crippen LogP contribution is 2.39. The Bertz CT molecular complexity index is 880. The standard InChI is InChI=1S/C21H25Cl2FN4O/c1-3-8-27(13-29)9-4-5-15-10-19(24)21-20(11-15)28(26-25-21)14(2)17-7-6-16(22)12-18(17)23/h6-7,10-14,25-26H,3-5,8-9H2,1-2H3. The third-order valence-electron chi connectivity index (χ3n) is 5.06. The first-order valence-corrected chi connectivity index (χ1v) is 10.5. The monoisotopic (exact) mass is 438 g/mol. The van der Waals surface area contributed by atoms with Crippen molar-refractivity contribution in [2.75, 3.05) is 23.5 Å². The Hall–Kier alpha value is -2.02. The van der Waals surface area contributed by atoms with Crippen LogP contribution in [0, 0.1) is 5.82 Å². The molecule has 1 amide bonds. The molecule has 0 aromatic heterocycles. The van der Waals surface area contributed by atoms with Gasteiger partial charge in [0.05, 0.1) is 11.7 Å². The lowest BCUT2D eigenvalue weighted by Gasteiger charge is -2.27. The largest absolute Gasteiger partial charge is 0.345 e. The van der Waals surface area contributed by atoms with Gasteiger partial charge < -0.3 is 4.90 Å². The van der Waals surface area contributed by atoms with E-state index in [-0.39, 0.29) is 11.9 Å². The van der Waals surface area contributed by atoms with Gasteiger partial charge in [0.1, 0.15) is 11.5 Å². The average Bonchev–Trinajstić information content (AvgIpc) is 3.11. The highest BCUT2D eigenvalue weighted by Gasteiger charge is 2.28. The molecule has 2 aromatic carbocycles. The molecule has 0 spiro atoms. The molecular formula is C21H25Cl2FN4O. The minimum Gasteiger partial charge on any atom is -0.345 e. The lowest BCUT2D eigenvalue weighted by Crippen LogP contribution is -2.38. The Kier molecular flexibility index (Phi) is 7.22. The molecule has 29 heavy (non-hydrogen) atoms. The summed E-state index contributed by atoms with van der Waals surface area (Å²) in [5, 5.41) is 2.98. The van der Waals surface area contributed by atoms with Gasteiger partial charge in [-0.1, -0.05) is 36.2 Å². The van der Waals surface area contributed by atoms with E-state index in [0.29, 0.717) is 28.7 Å². The van der Waals surface area contributed by atoms with E-state index in [1.165, 1.54) is 0 Å². The second kappa shape index (κ2) is 9.65. The molecule has 0 fully saturated rings. The van der Waals surface area contributed by atoms with Gasteiger partial charge in [-0.3, -0.25) is 15.2 Å². The Labute approximate surface area is 180 Å². The van der Waals surface area contributed by atoms with Crippen LogP contribution in [0.4, 0.5) is 15.8 Å². The number of halogens is 3. The molecule has 1 heterocycles. The van der Waals surface area contributed by atoms with Crippen molar-refractivity contribution in [2.45, 2.75) is 39.2 Å².